The Labute approximate surface area is 160 Å². The van der Waals surface area contributed by atoms with Gasteiger partial charge in [0.15, 0.2) is 5.82 Å². The zero-order valence-corrected chi connectivity index (χ0v) is 15.0. The highest BCUT2D eigenvalue weighted by Gasteiger charge is 2.16. The lowest BCUT2D eigenvalue weighted by Crippen LogP contribution is -2.13. The lowest BCUT2D eigenvalue weighted by molar-refractivity contribution is 0.0696. The van der Waals surface area contributed by atoms with Crippen LogP contribution in [0.25, 0.3) is 16.7 Å². The molecule has 28 heavy (non-hydrogen) atoms. The van der Waals surface area contributed by atoms with Crippen LogP contribution in [0.1, 0.15) is 26.4 Å². The van der Waals surface area contributed by atoms with E-state index in [9.17, 15) is 9.59 Å². The number of amides is 1. The van der Waals surface area contributed by atoms with Gasteiger partial charge in [-0.05, 0) is 49.4 Å². The largest absolute Gasteiger partial charge is 0.478 e. The number of para-hydroxylation sites is 1. The third kappa shape index (κ3) is 3.21. The lowest BCUT2D eigenvalue weighted by atomic mass is 10.2. The molecule has 4 aromatic rings. The fraction of sp³-hybridized carbons (Fsp3) is 0.0476. The Morgan fingerprint density at radius 1 is 1.00 bits per heavy atom. The molecular formula is C21H16N4O3. The molecule has 0 saturated heterocycles. The van der Waals surface area contributed by atoms with E-state index in [0.29, 0.717) is 22.8 Å². The molecule has 1 amide bonds. The van der Waals surface area contributed by atoms with Crippen LogP contribution in [0.2, 0.25) is 0 Å². The summed E-state index contributed by atoms with van der Waals surface area (Å²) in [5.74, 6) is -0.716. The molecule has 138 valence electrons. The van der Waals surface area contributed by atoms with E-state index in [2.05, 4.69) is 15.4 Å². The summed E-state index contributed by atoms with van der Waals surface area (Å²) in [4.78, 5) is 28.1. The van der Waals surface area contributed by atoms with Gasteiger partial charge >= 0.3 is 5.97 Å². The summed E-state index contributed by atoms with van der Waals surface area (Å²) < 4.78 is 1.62. The minimum atomic E-state index is -1.02. The highest BCUT2D eigenvalue weighted by molar-refractivity contribution is 6.05. The predicted octanol–water partition coefficient (Wildman–Crippen LogP) is 3.68. The molecule has 2 heterocycles. The first-order valence-corrected chi connectivity index (χ1v) is 8.58. The van der Waals surface area contributed by atoms with Crippen LogP contribution in [0.3, 0.4) is 0 Å². The average molecular weight is 372 g/mol. The van der Waals surface area contributed by atoms with Crippen molar-refractivity contribution in [2.75, 3.05) is 5.32 Å². The van der Waals surface area contributed by atoms with Crippen molar-refractivity contribution in [1.29, 1.82) is 0 Å². The van der Waals surface area contributed by atoms with E-state index in [1.165, 1.54) is 18.3 Å². The topological polar surface area (TPSA) is 97.1 Å². The van der Waals surface area contributed by atoms with E-state index in [4.69, 9.17) is 5.11 Å². The van der Waals surface area contributed by atoms with E-state index in [1.54, 1.807) is 23.7 Å². The van der Waals surface area contributed by atoms with Gasteiger partial charge in [-0.3, -0.25) is 4.79 Å². The number of aromatic nitrogens is 3. The molecule has 0 saturated carbocycles. The standard InChI is InChI=1S/C21H16N4O3/c1-13-17(20(26)23-16-9-6-15(7-10-16)21(27)28)12-22-25(13)19-11-8-14-4-2-3-5-18(14)24-19/h2-12H,1H3,(H,23,26)(H,27,28). The number of carbonyl (C=O) groups is 2. The van der Waals surface area contributed by atoms with Crippen molar-refractivity contribution >= 4 is 28.5 Å². The fourth-order valence-corrected chi connectivity index (χ4v) is 2.93. The van der Waals surface area contributed by atoms with Gasteiger partial charge < -0.3 is 10.4 Å². The van der Waals surface area contributed by atoms with Gasteiger partial charge in [-0.15, -0.1) is 0 Å². The molecule has 7 heteroatoms. The smallest absolute Gasteiger partial charge is 0.335 e. The lowest BCUT2D eigenvalue weighted by Gasteiger charge is -2.07. The number of anilines is 1. The Morgan fingerprint density at radius 3 is 2.50 bits per heavy atom. The van der Waals surface area contributed by atoms with Gasteiger partial charge in [0.25, 0.3) is 5.91 Å². The first-order chi connectivity index (χ1) is 13.5. The molecule has 4 rings (SSSR count). The van der Waals surface area contributed by atoms with Gasteiger partial charge in [0, 0.05) is 11.1 Å². The molecule has 0 aliphatic carbocycles. The number of hydrogen-bond donors (Lipinski definition) is 2. The minimum absolute atomic E-state index is 0.157. The quantitative estimate of drug-likeness (QED) is 0.570. The summed E-state index contributed by atoms with van der Waals surface area (Å²) in [6.45, 7) is 1.80. The summed E-state index contributed by atoms with van der Waals surface area (Å²) in [6.07, 6.45) is 1.49. The number of carboxylic acid groups (broad SMARTS) is 1. The van der Waals surface area contributed by atoms with E-state index in [1.807, 2.05) is 36.4 Å². The summed E-state index contributed by atoms with van der Waals surface area (Å²) in [5, 5.41) is 17.0. The molecule has 0 bridgehead atoms. The first kappa shape index (κ1) is 17.4. The van der Waals surface area contributed by atoms with Crippen molar-refractivity contribution in [3.63, 3.8) is 0 Å². The maximum Gasteiger partial charge on any atom is 0.335 e. The molecule has 0 aliphatic heterocycles. The van der Waals surface area contributed by atoms with Crippen molar-refractivity contribution in [3.8, 4) is 5.82 Å². The number of pyridine rings is 1. The van der Waals surface area contributed by atoms with Crippen molar-refractivity contribution in [2.45, 2.75) is 6.92 Å². The number of nitrogens with one attached hydrogen (secondary N) is 1. The van der Waals surface area contributed by atoms with Crippen molar-refractivity contribution in [3.05, 3.63) is 83.7 Å². The number of nitrogens with zero attached hydrogens (tertiary/aromatic N) is 3. The molecule has 0 spiro atoms. The van der Waals surface area contributed by atoms with Crippen LogP contribution in [0, 0.1) is 6.92 Å². The summed E-state index contributed by atoms with van der Waals surface area (Å²) in [6, 6.07) is 17.6. The Morgan fingerprint density at radius 2 is 1.75 bits per heavy atom. The van der Waals surface area contributed by atoms with Crippen LogP contribution >= 0.6 is 0 Å². The number of carboxylic acids is 1. The molecule has 0 unspecified atom stereocenters. The van der Waals surface area contributed by atoms with Crippen LogP contribution in [0.15, 0.2) is 66.9 Å². The van der Waals surface area contributed by atoms with Gasteiger partial charge in [-0.1, -0.05) is 18.2 Å². The number of fused-ring (bicyclic) bond motifs is 1. The highest BCUT2D eigenvalue weighted by atomic mass is 16.4. The third-order valence-electron chi connectivity index (χ3n) is 4.44. The summed E-state index contributed by atoms with van der Waals surface area (Å²) in [7, 11) is 0. The molecule has 7 nitrogen and oxygen atoms in total. The number of hydrogen-bond acceptors (Lipinski definition) is 4. The Hall–Kier alpha value is -4.00. The predicted molar refractivity (Wildman–Crippen MR) is 105 cm³/mol. The SMILES string of the molecule is Cc1c(C(=O)Nc2ccc(C(=O)O)cc2)cnn1-c1ccc2ccccc2n1. The first-order valence-electron chi connectivity index (χ1n) is 8.58. The van der Waals surface area contributed by atoms with E-state index in [0.717, 1.165) is 10.9 Å². The van der Waals surface area contributed by atoms with E-state index in [-0.39, 0.29) is 11.5 Å². The molecular weight excluding hydrogens is 356 g/mol. The second-order valence-corrected chi connectivity index (χ2v) is 6.25. The van der Waals surface area contributed by atoms with Gasteiger partial charge in [0.1, 0.15) is 0 Å². The fourth-order valence-electron chi connectivity index (χ4n) is 2.93. The average Bonchev–Trinajstić information content (AvgIpc) is 3.09. The van der Waals surface area contributed by atoms with Gasteiger partial charge in [-0.2, -0.15) is 5.10 Å². The Balaban J connectivity index is 1.60. The van der Waals surface area contributed by atoms with Crippen molar-refractivity contribution < 1.29 is 14.7 Å². The van der Waals surface area contributed by atoms with Crippen LogP contribution < -0.4 is 5.32 Å². The monoisotopic (exact) mass is 372 g/mol. The third-order valence-corrected chi connectivity index (χ3v) is 4.44. The molecule has 2 aromatic heterocycles. The van der Waals surface area contributed by atoms with Crippen LogP contribution in [-0.4, -0.2) is 31.7 Å². The number of rotatable bonds is 4. The summed E-state index contributed by atoms with van der Waals surface area (Å²) >= 11 is 0. The van der Waals surface area contributed by atoms with Crippen molar-refractivity contribution in [2.24, 2.45) is 0 Å². The van der Waals surface area contributed by atoms with Crippen LogP contribution in [-0.2, 0) is 0 Å². The molecule has 0 atom stereocenters. The molecule has 2 aromatic carbocycles. The second kappa shape index (κ2) is 6.96. The second-order valence-electron chi connectivity index (χ2n) is 6.25. The van der Waals surface area contributed by atoms with Crippen molar-refractivity contribution in [1.82, 2.24) is 14.8 Å². The zero-order valence-electron chi connectivity index (χ0n) is 15.0. The maximum absolute atomic E-state index is 12.6. The molecule has 2 N–H and O–H groups in total. The maximum atomic E-state index is 12.6. The van der Waals surface area contributed by atoms with Crippen LogP contribution in [0.4, 0.5) is 5.69 Å². The normalized spacial score (nSPS) is 10.8. The van der Waals surface area contributed by atoms with E-state index >= 15 is 0 Å². The number of benzene rings is 2. The summed E-state index contributed by atoms with van der Waals surface area (Å²) in [5.41, 5.74) is 2.58. The zero-order chi connectivity index (χ0) is 19.7. The molecule has 0 aliphatic rings. The van der Waals surface area contributed by atoms with Gasteiger partial charge in [0.05, 0.1) is 28.5 Å². The number of aromatic carboxylic acids is 1. The Kier molecular flexibility index (Phi) is 4.33. The minimum Gasteiger partial charge on any atom is -0.478 e. The molecule has 0 radical (unpaired) electrons. The van der Waals surface area contributed by atoms with Gasteiger partial charge in [-0.25, -0.2) is 14.5 Å². The number of carbonyl (C=O) groups excluding carboxylic acids is 1. The van der Waals surface area contributed by atoms with Gasteiger partial charge in [0.2, 0.25) is 0 Å². The van der Waals surface area contributed by atoms with E-state index < -0.39 is 5.97 Å². The molecule has 0 fully saturated rings. The highest BCUT2D eigenvalue weighted by Crippen LogP contribution is 2.18. The Bertz CT molecular complexity index is 1200. The van der Waals surface area contributed by atoms with Crippen LogP contribution in [0.5, 0.6) is 0 Å².